The molecule has 1 aromatic heterocycles. The van der Waals surface area contributed by atoms with Crippen LogP contribution in [0.3, 0.4) is 0 Å². The minimum atomic E-state index is 0.276. The van der Waals surface area contributed by atoms with Crippen molar-refractivity contribution in [2.24, 2.45) is 0 Å². The second-order valence-electron chi connectivity index (χ2n) is 5.40. The van der Waals surface area contributed by atoms with E-state index in [1.807, 2.05) is 6.07 Å². The van der Waals surface area contributed by atoms with E-state index in [9.17, 15) is 0 Å². The van der Waals surface area contributed by atoms with Crippen LogP contribution in [0.2, 0.25) is 5.15 Å². The molecule has 2 rings (SSSR count). The topological polar surface area (TPSA) is 24.9 Å². The van der Waals surface area contributed by atoms with Crippen LogP contribution in [0.25, 0.3) is 0 Å². The van der Waals surface area contributed by atoms with Crippen LogP contribution in [0.15, 0.2) is 42.6 Å². The summed E-state index contributed by atoms with van der Waals surface area (Å²) in [6.07, 6.45) is 6.54. The lowest BCUT2D eigenvalue weighted by Crippen LogP contribution is -2.12. The lowest BCUT2D eigenvalue weighted by Gasteiger charge is -2.22. The van der Waals surface area contributed by atoms with Crippen molar-refractivity contribution in [3.8, 4) is 0 Å². The second kappa shape index (κ2) is 8.04. The Morgan fingerprint density at radius 1 is 1.14 bits per heavy atom. The first kappa shape index (κ1) is 15.8. The zero-order chi connectivity index (χ0) is 15.1. The number of rotatable bonds is 7. The fraction of sp³-hybridized carbons (Fsp3) is 0.389. The van der Waals surface area contributed by atoms with Crippen molar-refractivity contribution >= 4 is 17.3 Å². The van der Waals surface area contributed by atoms with Crippen molar-refractivity contribution in [2.45, 2.75) is 45.6 Å². The Kier molecular flexibility index (Phi) is 6.06. The number of nitrogens with one attached hydrogen (secondary N) is 1. The van der Waals surface area contributed by atoms with Crippen molar-refractivity contribution in [1.29, 1.82) is 0 Å². The van der Waals surface area contributed by atoms with Crippen LogP contribution in [0.1, 0.15) is 49.8 Å². The van der Waals surface area contributed by atoms with E-state index < -0.39 is 0 Å². The molecule has 0 saturated carbocycles. The van der Waals surface area contributed by atoms with E-state index in [1.54, 1.807) is 6.20 Å². The van der Waals surface area contributed by atoms with Gasteiger partial charge in [0.2, 0.25) is 0 Å². The van der Waals surface area contributed by atoms with Gasteiger partial charge in [-0.05, 0) is 30.5 Å². The largest absolute Gasteiger partial charge is 0.376 e. The molecule has 2 aromatic rings. The number of pyridine rings is 1. The molecular weight excluding hydrogens is 280 g/mol. The number of hydrogen-bond donors (Lipinski definition) is 1. The van der Waals surface area contributed by atoms with Gasteiger partial charge < -0.3 is 5.32 Å². The van der Waals surface area contributed by atoms with E-state index in [-0.39, 0.29) is 6.04 Å². The summed E-state index contributed by atoms with van der Waals surface area (Å²) in [5.41, 5.74) is 3.38. The number of hydrogen-bond acceptors (Lipinski definition) is 2. The van der Waals surface area contributed by atoms with Crippen molar-refractivity contribution in [3.05, 3.63) is 58.9 Å². The highest BCUT2D eigenvalue weighted by Gasteiger charge is 2.14. The fourth-order valence-electron chi connectivity index (χ4n) is 2.48. The summed E-state index contributed by atoms with van der Waals surface area (Å²) in [4.78, 5) is 4.19. The molecule has 0 saturated heterocycles. The zero-order valence-corrected chi connectivity index (χ0v) is 13.5. The minimum absolute atomic E-state index is 0.276. The van der Waals surface area contributed by atoms with Gasteiger partial charge in [0.1, 0.15) is 0 Å². The highest BCUT2D eigenvalue weighted by atomic mass is 35.5. The third-order valence-corrected chi connectivity index (χ3v) is 4.02. The Morgan fingerprint density at radius 2 is 1.90 bits per heavy atom. The molecule has 0 fully saturated rings. The van der Waals surface area contributed by atoms with E-state index in [0.717, 1.165) is 17.7 Å². The zero-order valence-electron chi connectivity index (χ0n) is 12.8. The second-order valence-corrected chi connectivity index (χ2v) is 5.76. The summed E-state index contributed by atoms with van der Waals surface area (Å²) >= 11 is 6.25. The first-order valence-corrected chi connectivity index (χ1v) is 8.02. The van der Waals surface area contributed by atoms with E-state index in [4.69, 9.17) is 11.6 Å². The van der Waals surface area contributed by atoms with E-state index >= 15 is 0 Å². The average Bonchev–Trinajstić information content (AvgIpc) is 2.50. The molecule has 0 radical (unpaired) electrons. The Hall–Kier alpha value is -1.54. The number of unbranched alkanes of at least 4 members (excludes halogenated alkanes) is 2. The van der Waals surface area contributed by atoms with E-state index in [2.05, 4.69) is 54.5 Å². The Bertz CT molecular complexity index is 534. The monoisotopic (exact) mass is 302 g/mol. The maximum Gasteiger partial charge on any atom is 0.152 e. The van der Waals surface area contributed by atoms with Crippen LogP contribution in [0, 0.1) is 6.92 Å². The number of anilines is 1. The number of halogens is 1. The fourth-order valence-corrected chi connectivity index (χ4v) is 2.74. The maximum atomic E-state index is 6.25. The van der Waals surface area contributed by atoms with Crippen LogP contribution >= 0.6 is 11.6 Å². The smallest absolute Gasteiger partial charge is 0.152 e. The first-order chi connectivity index (χ1) is 10.2. The maximum absolute atomic E-state index is 6.25. The molecule has 0 aliphatic rings. The molecule has 0 aliphatic carbocycles. The molecule has 1 unspecified atom stereocenters. The number of aromatic nitrogens is 1. The predicted molar refractivity (Wildman–Crippen MR) is 90.9 cm³/mol. The Labute approximate surface area is 132 Å². The van der Waals surface area contributed by atoms with E-state index in [1.165, 1.54) is 24.8 Å². The summed E-state index contributed by atoms with van der Waals surface area (Å²) in [5.74, 6) is 0. The van der Waals surface area contributed by atoms with Crippen LogP contribution in [0.4, 0.5) is 5.69 Å². The van der Waals surface area contributed by atoms with Gasteiger partial charge in [-0.2, -0.15) is 0 Å². The summed E-state index contributed by atoms with van der Waals surface area (Å²) in [6, 6.07) is 12.8. The summed E-state index contributed by atoms with van der Waals surface area (Å²) in [5, 5.41) is 4.14. The first-order valence-electron chi connectivity index (χ1n) is 7.65. The SMILES string of the molecule is CCCCCC(Nc1c(C)ccnc1Cl)c1ccccc1. The van der Waals surface area contributed by atoms with Crippen LogP contribution in [0.5, 0.6) is 0 Å². The number of aryl methyl sites for hydroxylation is 1. The summed E-state index contributed by atoms with van der Waals surface area (Å²) in [6.45, 7) is 4.29. The molecule has 1 heterocycles. The standard InChI is InChI=1S/C18H23ClN2/c1-3-4-6-11-16(15-9-7-5-8-10-15)21-17-14(2)12-13-20-18(17)19/h5,7-10,12-13,16,21H,3-4,6,11H2,1-2H3. The van der Waals surface area contributed by atoms with Crippen LogP contribution in [-0.2, 0) is 0 Å². The lowest BCUT2D eigenvalue weighted by atomic mass is 10.00. The lowest BCUT2D eigenvalue weighted by molar-refractivity contribution is 0.606. The molecule has 1 aromatic carbocycles. The number of nitrogens with zero attached hydrogens (tertiary/aromatic N) is 1. The van der Waals surface area contributed by atoms with Gasteiger partial charge in [0.05, 0.1) is 11.7 Å². The molecule has 0 spiro atoms. The van der Waals surface area contributed by atoms with Crippen LogP contribution < -0.4 is 5.32 Å². The van der Waals surface area contributed by atoms with Gasteiger partial charge in [-0.25, -0.2) is 4.98 Å². The van der Waals surface area contributed by atoms with E-state index in [0.29, 0.717) is 5.15 Å². The number of benzene rings is 1. The highest BCUT2D eigenvalue weighted by Crippen LogP contribution is 2.30. The Morgan fingerprint density at radius 3 is 2.57 bits per heavy atom. The van der Waals surface area contributed by atoms with Crippen molar-refractivity contribution in [3.63, 3.8) is 0 Å². The minimum Gasteiger partial charge on any atom is -0.376 e. The van der Waals surface area contributed by atoms with Gasteiger partial charge in [0.25, 0.3) is 0 Å². The van der Waals surface area contributed by atoms with Crippen molar-refractivity contribution in [2.75, 3.05) is 5.32 Å². The molecule has 1 atom stereocenters. The van der Waals surface area contributed by atoms with Gasteiger partial charge in [-0.15, -0.1) is 0 Å². The summed E-state index contributed by atoms with van der Waals surface area (Å²) in [7, 11) is 0. The molecule has 21 heavy (non-hydrogen) atoms. The van der Waals surface area contributed by atoms with Crippen molar-refractivity contribution < 1.29 is 0 Å². The molecule has 0 aliphatic heterocycles. The average molecular weight is 303 g/mol. The molecule has 3 heteroatoms. The van der Waals surface area contributed by atoms with Gasteiger partial charge in [0, 0.05) is 6.20 Å². The molecule has 2 nitrogen and oxygen atoms in total. The molecule has 112 valence electrons. The third-order valence-electron chi connectivity index (χ3n) is 3.73. The quantitative estimate of drug-likeness (QED) is 0.518. The van der Waals surface area contributed by atoms with Gasteiger partial charge in [0.15, 0.2) is 5.15 Å². The van der Waals surface area contributed by atoms with Crippen LogP contribution in [-0.4, -0.2) is 4.98 Å². The molecule has 0 amide bonds. The summed E-state index contributed by atoms with van der Waals surface area (Å²) < 4.78 is 0. The van der Waals surface area contributed by atoms with Gasteiger partial charge >= 0.3 is 0 Å². The molecule has 1 N–H and O–H groups in total. The Balaban J connectivity index is 2.19. The highest BCUT2D eigenvalue weighted by molar-refractivity contribution is 6.32. The third kappa shape index (κ3) is 4.47. The normalized spacial score (nSPS) is 12.1. The van der Waals surface area contributed by atoms with Gasteiger partial charge in [-0.3, -0.25) is 0 Å². The van der Waals surface area contributed by atoms with Crippen molar-refractivity contribution in [1.82, 2.24) is 4.98 Å². The molecule has 0 bridgehead atoms. The van der Waals surface area contributed by atoms with Gasteiger partial charge in [-0.1, -0.05) is 68.1 Å². The molecular formula is C18H23ClN2. The predicted octanol–water partition coefficient (Wildman–Crippen LogP) is 5.78.